The highest BCUT2D eigenvalue weighted by Gasteiger charge is 2.29. The first-order valence-electron chi connectivity index (χ1n) is 13.8. The topological polar surface area (TPSA) is 173 Å². The highest BCUT2D eigenvalue weighted by molar-refractivity contribution is 8.76. The number of nitrogens with zero attached hydrogens (tertiary/aromatic N) is 2. The number of nitrogens with one attached hydrogen (secondary N) is 2. The second-order valence-electron chi connectivity index (χ2n) is 10.6. The second-order valence-corrected chi connectivity index (χ2v) is 16.6. The number of benzene rings is 4. The van der Waals surface area contributed by atoms with Gasteiger partial charge >= 0.3 is 11.9 Å². The fourth-order valence-corrected chi connectivity index (χ4v) is 10.2. The molecule has 0 aliphatic rings. The number of rotatable bonds is 15. The minimum absolute atomic E-state index is 0.0795. The van der Waals surface area contributed by atoms with Crippen molar-refractivity contribution in [3.63, 3.8) is 0 Å². The Morgan fingerprint density at radius 2 is 0.935 bits per heavy atom. The van der Waals surface area contributed by atoms with Crippen molar-refractivity contribution in [1.29, 1.82) is 0 Å². The number of carbonyl (C=O) groups is 2. The van der Waals surface area contributed by atoms with Crippen molar-refractivity contribution in [1.82, 2.24) is 9.44 Å². The lowest BCUT2D eigenvalue weighted by Gasteiger charge is -2.19. The van der Waals surface area contributed by atoms with Crippen molar-refractivity contribution in [2.24, 2.45) is 0 Å². The van der Waals surface area contributed by atoms with E-state index in [0.29, 0.717) is 21.5 Å². The van der Waals surface area contributed by atoms with E-state index in [1.807, 2.05) is 50.1 Å². The molecular weight excluding hydrogens is 673 g/mol. The molecule has 0 saturated heterocycles. The summed E-state index contributed by atoms with van der Waals surface area (Å²) < 4.78 is 57.9. The van der Waals surface area contributed by atoms with E-state index in [4.69, 9.17) is 0 Å². The van der Waals surface area contributed by atoms with Gasteiger partial charge in [-0.25, -0.2) is 16.8 Å². The molecule has 0 unspecified atom stereocenters. The molecule has 4 rings (SSSR count). The molecule has 0 radical (unpaired) electrons. The Morgan fingerprint density at radius 3 is 1.26 bits per heavy atom. The molecule has 2 atom stereocenters. The average molecular weight is 707 g/mol. The molecule has 0 amide bonds. The molecule has 0 heterocycles. The van der Waals surface area contributed by atoms with Crippen molar-refractivity contribution in [2.75, 3.05) is 49.5 Å². The molecule has 0 bridgehead atoms. The standard InChI is InChI=1S/C30H34N4O8S4/c1-33(2)25-13-5-11-21-19(25)9-7-15-27(21)45(39,40)31-23(29(35)36)17-43-44-18-24(30(37)38)32-46(41,42)28-16-8-10-20-22(28)12-6-14-26(20)34(3)4/h5-16,23-24,31-32H,17-18H2,1-4H3,(H,35,36)(H,37,38)/t23-,24-/m0/s1. The molecule has 16 heteroatoms. The molecule has 4 N–H and O–H groups in total. The van der Waals surface area contributed by atoms with Crippen molar-refractivity contribution < 1.29 is 36.6 Å². The summed E-state index contributed by atoms with van der Waals surface area (Å²) in [6.07, 6.45) is 0. The van der Waals surface area contributed by atoms with Gasteiger partial charge in [0.15, 0.2) is 0 Å². The molecule has 4 aromatic carbocycles. The van der Waals surface area contributed by atoms with Crippen LogP contribution in [0.15, 0.2) is 82.6 Å². The third kappa shape index (κ3) is 7.87. The van der Waals surface area contributed by atoms with Crippen LogP contribution in [0.25, 0.3) is 21.5 Å². The van der Waals surface area contributed by atoms with Gasteiger partial charge in [0.25, 0.3) is 0 Å². The first-order chi connectivity index (χ1) is 21.6. The van der Waals surface area contributed by atoms with Crippen LogP contribution in [0, 0.1) is 0 Å². The van der Waals surface area contributed by atoms with Gasteiger partial charge in [-0.1, -0.05) is 70.1 Å². The van der Waals surface area contributed by atoms with Crippen LogP contribution in [0.1, 0.15) is 0 Å². The maximum atomic E-state index is 13.4. The number of aliphatic carboxylic acids is 2. The number of carboxylic acids is 2. The quantitative estimate of drug-likeness (QED) is 0.105. The lowest BCUT2D eigenvalue weighted by Crippen LogP contribution is -2.43. The van der Waals surface area contributed by atoms with Gasteiger partial charge in [-0.05, 0) is 24.3 Å². The Hall–Kier alpha value is -3.54. The molecule has 0 saturated carbocycles. The molecular formula is C30H34N4O8S4. The van der Waals surface area contributed by atoms with Crippen molar-refractivity contribution in [2.45, 2.75) is 21.9 Å². The lowest BCUT2D eigenvalue weighted by molar-refractivity contribution is -0.139. The maximum Gasteiger partial charge on any atom is 0.322 e. The molecule has 0 spiro atoms. The monoisotopic (exact) mass is 706 g/mol. The molecule has 12 nitrogen and oxygen atoms in total. The van der Waals surface area contributed by atoms with Gasteiger partial charge in [-0.15, -0.1) is 0 Å². The van der Waals surface area contributed by atoms with Crippen LogP contribution in [0.4, 0.5) is 11.4 Å². The summed E-state index contributed by atoms with van der Waals surface area (Å²) in [7, 11) is 0.563. The van der Waals surface area contributed by atoms with Crippen LogP contribution in [-0.4, -0.2) is 90.8 Å². The van der Waals surface area contributed by atoms with Crippen LogP contribution in [-0.2, 0) is 29.6 Å². The lowest BCUT2D eigenvalue weighted by atomic mass is 10.1. The number of sulfonamides is 2. The predicted octanol–water partition coefficient (Wildman–Crippen LogP) is 3.67. The fourth-order valence-electron chi connectivity index (χ4n) is 4.82. The number of hydrogen-bond acceptors (Lipinski definition) is 10. The van der Waals surface area contributed by atoms with E-state index in [-0.39, 0.29) is 21.3 Å². The van der Waals surface area contributed by atoms with E-state index in [1.165, 1.54) is 12.1 Å². The van der Waals surface area contributed by atoms with E-state index in [1.54, 1.807) is 48.5 Å². The number of hydrogen-bond donors (Lipinski definition) is 4. The Kier molecular flexibility index (Phi) is 11.1. The first-order valence-corrected chi connectivity index (χ1v) is 19.2. The van der Waals surface area contributed by atoms with Gasteiger partial charge in [0.1, 0.15) is 12.1 Å². The molecule has 46 heavy (non-hydrogen) atoms. The van der Waals surface area contributed by atoms with E-state index >= 15 is 0 Å². The third-order valence-corrected chi connectivity index (χ3v) is 12.5. The Labute approximate surface area is 275 Å². The fraction of sp³-hybridized carbons (Fsp3) is 0.267. The molecule has 0 fully saturated rings. The molecule has 246 valence electrons. The van der Waals surface area contributed by atoms with Crippen LogP contribution < -0.4 is 19.2 Å². The summed E-state index contributed by atoms with van der Waals surface area (Å²) in [5.74, 6) is -3.37. The van der Waals surface area contributed by atoms with Gasteiger partial charge in [0.2, 0.25) is 20.0 Å². The maximum absolute atomic E-state index is 13.4. The van der Waals surface area contributed by atoms with E-state index in [9.17, 15) is 36.6 Å². The van der Waals surface area contributed by atoms with E-state index < -0.39 is 44.1 Å². The zero-order valence-corrected chi connectivity index (χ0v) is 28.6. The summed E-state index contributed by atoms with van der Waals surface area (Å²) in [4.78, 5) is 27.6. The summed E-state index contributed by atoms with van der Waals surface area (Å²) in [6.45, 7) is 0. The van der Waals surface area contributed by atoms with E-state index in [0.717, 1.165) is 33.0 Å². The Bertz CT molecular complexity index is 1840. The Balaban J connectivity index is 1.45. The van der Waals surface area contributed by atoms with Crippen molar-refractivity contribution in [3.05, 3.63) is 72.8 Å². The second kappa shape index (κ2) is 14.5. The van der Waals surface area contributed by atoms with Crippen molar-refractivity contribution >= 4 is 86.5 Å². The minimum Gasteiger partial charge on any atom is -0.480 e. The van der Waals surface area contributed by atoms with Crippen LogP contribution in [0.2, 0.25) is 0 Å². The zero-order chi connectivity index (χ0) is 33.8. The normalized spacial score (nSPS) is 13.4. The summed E-state index contributed by atoms with van der Waals surface area (Å²) in [5.41, 5.74) is 1.58. The van der Waals surface area contributed by atoms with Crippen LogP contribution in [0.3, 0.4) is 0 Å². The van der Waals surface area contributed by atoms with Gasteiger partial charge < -0.3 is 20.0 Å². The largest absolute Gasteiger partial charge is 0.480 e. The number of anilines is 2. The molecule has 0 aliphatic carbocycles. The average Bonchev–Trinajstić information content (AvgIpc) is 3.00. The molecule has 0 aliphatic heterocycles. The predicted molar refractivity (Wildman–Crippen MR) is 185 cm³/mol. The summed E-state index contributed by atoms with van der Waals surface area (Å²) in [6, 6.07) is 16.8. The third-order valence-electron chi connectivity index (χ3n) is 7.00. The van der Waals surface area contributed by atoms with E-state index in [2.05, 4.69) is 9.44 Å². The number of fused-ring (bicyclic) bond motifs is 2. The van der Waals surface area contributed by atoms with Gasteiger partial charge in [0, 0.05) is 72.6 Å². The summed E-state index contributed by atoms with van der Waals surface area (Å²) in [5, 5.41) is 21.8. The van der Waals surface area contributed by atoms with Crippen molar-refractivity contribution in [3.8, 4) is 0 Å². The van der Waals surface area contributed by atoms with Gasteiger partial charge in [-0.3, -0.25) is 9.59 Å². The van der Waals surface area contributed by atoms with Gasteiger partial charge in [-0.2, -0.15) is 9.44 Å². The SMILES string of the molecule is CN(C)c1cccc2c(S(=O)(=O)N[C@@H](CSSC[C@H](NS(=O)(=O)c3cccc4c(N(C)C)cccc34)C(=O)O)C(=O)O)cccc12. The number of carboxylic acid groups (broad SMARTS) is 2. The zero-order valence-electron chi connectivity index (χ0n) is 25.4. The Morgan fingerprint density at radius 1 is 0.609 bits per heavy atom. The van der Waals surface area contributed by atoms with Crippen LogP contribution >= 0.6 is 21.6 Å². The smallest absolute Gasteiger partial charge is 0.322 e. The first kappa shape index (κ1) is 35.3. The summed E-state index contributed by atoms with van der Waals surface area (Å²) >= 11 is 0. The van der Waals surface area contributed by atoms with Crippen LogP contribution in [0.5, 0.6) is 0 Å². The highest BCUT2D eigenvalue weighted by Crippen LogP contribution is 2.32. The highest BCUT2D eigenvalue weighted by atomic mass is 33.1. The molecule has 0 aromatic heterocycles. The minimum atomic E-state index is -4.28. The molecule has 4 aromatic rings. The van der Waals surface area contributed by atoms with Gasteiger partial charge in [0.05, 0.1) is 9.79 Å².